The molecule has 47 heavy (non-hydrogen) atoms. The van der Waals surface area contributed by atoms with E-state index in [1.54, 1.807) is 6.92 Å². The average Bonchev–Trinajstić information content (AvgIpc) is 3.65. The third-order valence-corrected chi connectivity index (χ3v) is 11.0. The van der Waals surface area contributed by atoms with E-state index in [2.05, 4.69) is 31.9 Å². The SMILES string of the molecule is Cc1nnc([C@@H]([NH3+])CCCCN2C(=O)C3C4(C)C(=O)C(C)(C(c5ccccc5)=C4c4ccccc4)C3(Br)C2=O)o1.O=C([O-])C(F)(F)F. The number of carboxylic acid groups (broad SMARTS) is 1. The number of fused-ring (bicyclic) bond motifs is 5. The molecule has 3 aliphatic rings. The maximum absolute atomic E-state index is 14.4. The van der Waals surface area contributed by atoms with E-state index >= 15 is 0 Å². The van der Waals surface area contributed by atoms with Gasteiger partial charge in [0.2, 0.25) is 17.7 Å². The van der Waals surface area contributed by atoms with Crippen molar-refractivity contribution in [3.05, 3.63) is 83.6 Å². The molecule has 2 amide bonds. The van der Waals surface area contributed by atoms with E-state index in [-0.39, 0.29) is 30.2 Å². The van der Waals surface area contributed by atoms with Crippen LogP contribution in [0.2, 0.25) is 0 Å². The standard InChI is InChI=1S/C31H31BrN4O4.C2HF3O2/c1-18-34-35-25(40-18)21(33)16-10-11-17-36-26(37)24-29(2)22(19-12-6-4-7-13-19)23(20-14-8-5-9-15-20)30(3,27(29)38)31(24,32)28(36)39;3-2(4,5)1(6)7/h4-9,12-15,21,24H,10-11,16-17,33H2,1-3H3;(H,6,7)/t21-,24?,29?,30?,31?;/m0./s1. The van der Waals surface area contributed by atoms with Crippen molar-refractivity contribution < 1.29 is 47.6 Å². The van der Waals surface area contributed by atoms with Gasteiger partial charge in [0.1, 0.15) is 10.3 Å². The summed E-state index contributed by atoms with van der Waals surface area (Å²) in [5.74, 6) is -3.57. The number of carbonyl (C=O) groups is 4. The van der Waals surface area contributed by atoms with Crippen molar-refractivity contribution in [2.45, 2.75) is 56.6 Å². The van der Waals surface area contributed by atoms with Gasteiger partial charge in [0.05, 0.1) is 16.7 Å². The average molecular weight is 718 g/mol. The maximum Gasteiger partial charge on any atom is 0.430 e. The van der Waals surface area contributed by atoms with Crippen molar-refractivity contribution in [2.24, 2.45) is 16.7 Å². The molecule has 0 spiro atoms. The number of likely N-dealkylation sites (tertiary alicyclic amines) is 1. The molecule has 2 fully saturated rings. The van der Waals surface area contributed by atoms with E-state index < -0.39 is 33.2 Å². The molecule has 4 unspecified atom stereocenters. The van der Waals surface area contributed by atoms with E-state index in [0.717, 1.165) is 28.7 Å². The monoisotopic (exact) mass is 716 g/mol. The second-order valence-electron chi connectivity index (χ2n) is 12.2. The first-order valence-corrected chi connectivity index (χ1v) is 15.7. The summed E-state index contributed by atoms with van der Waals surface area (Å²) in [6, 6.07) is 19.4. The number of amides is 2. The van der Waals surface area contributed by atoms with Crippen LogP contribution in [-0.2, 0) is 19.2 Å². The number of Topliss-reactive ketones (excluding diaryl/α,β-unsaturated/α-hetero) is 1. The van der Waals surface area contributed by atoms with E-state index in [1.807, 2.05) is 74.5 Å². The highest BCUT2D eigenvalue weighted by Gasteiger charge is 2.85. The molecular weight excluding hydrogens is 685 g/mol. The van der Waals surface area contributed by atoms with Crippen molar-refractivity contribution in [3.63, 3.8) is 0 Å². The Morgan fingerprint density at radius 3 is 2.02 bits per heavy atom. The van der Waals surface area contributed by atoms with E-state index in [0.29, 0.717) is 24.6 Å². The lowest BCUT2D eigenvalue weighted by atomic mass is 9.63. The van der Waals surface area contributed by atoms with Gasteiger partial charge in [0.25, 0.3) is 5.89 Å². The molecule has 2 aromatic carbocycles. The van der Waals surface area contributed by atoms with Gasteiger partial charge in [-0.2, -0.15) is 13.2 Å². The molecule has 0 radical (unpaired) electrons. The molecule has 6 rings (SSSR count). The molecule has 5 atom stereocenters. The van der Waals surface area contributed by atoms with E-state index in [9.17, 15) is 27.6 Å². The molecule has 3 aromatic rings. The summed E-state index contributed by atoms with van der Waals surface area (Å²) in [4.78, 5) is 52.9. The number of benzene rings is 2. The molecule has 3 N–H and O–H groups in total. The fraction of sp³-hybridized carbons (Fsp3) is 0.394. The lowest BCUT2D eigenvalue weighted by Gasteiger charge is -2.41. The van der Waals surface area contributed by atoms with Crippen LogP contribution in [0.3, 0.4) is 0 Å². The molecule has 10 nitrogen and oxygen atoms in total. The summed E-state index contributed by atoms with van der Waals surface area (Å²) in [6.07, 6.45) is -3.17. The number of rotatable bonds is 8. The predicted molar refractivity (Wildman–Crippen MR) is 162 cm³/mol. The van der Waals surface area contributed by atoms with Crippen molar-refractivity contribution in [2.75, 3.05) is 6.54 Å². The minimum atomic E-state index is -5.19. The summed E-state index contributed by atoms with van der Waals surface area (Å²) in [6.45, 7) is 5.71. The highest BCUT2D eigenvalue weighted by atomic mass is 79.9. The molecule has 2 bridgehead atoms. The van der Waals surface area contributed by atoms with Gasteiger partial charge in [-0.25, -0.2) is 0 Å². The van der Waals surface area contributed by atoms with Crippen LogP contribution < -0.4 is 10.8 Å². The van der Waals surface area contributed by atoms with Crippen molar-refractivity contribution in [1.82, 2.24) is 15.1 Å². The Kier molecular flexibility index (Phi) is 8.82. The normalized spacial score (nSPS) is 27.2. The van der Waals surface area contributed by atoms with Gasteiger partial charge in [0, 0.05) is 19.9 Å². The Balaban J connectivity index is 0.000000559. The summed E-state index contributed by atoms with van der Waals surface area (Å²) >= 11 is 3.81. The number of aromatic nitrogens is 2. The zero-order valence-corrected chi connectivity index (χ0v) is 27.4. The largest absolute Gasteiger partial charge is 0.542 e. The second kappa shape index (κ2) is 12.1. The first kappa shape index (κ1) is 34.2. The van der Waals surface area contributed by atoms with Gasteiger partial charge in [-0.05, 0) is 49.0 Å². The number of aryl methyl sites for hydroxylation is 1. The number of aliphatic carboxylic acids is 1. The van der Waals surface area contributed by atoms with Crippen LogP contribution in [0.5, 0.6) is 0 Å². The molecule has 14 heteroatoms. The number of alkyl halides is 4. The van der Waals surface area contributed by atoms with Crippen LogP contribution in [0.25, 0.3) is 11.1 Å². The third kappa shape index (κ3) is 5.21. The van der Waals surface area contributed by atoms with Gasteiger partial charge < -0.3 is 20.1 Å². The molecular formula is C33H32BrF3N4O6. The Morgan fingerprint density at radius 1 is 1.00 bits per heavy atom. The molecule has 1 aromatic heterocycles. The van der Waals surface area contributed by atoms with Crippen LogP contribution in [0.15, 0.2) is 65.1 Å². The van der Waals surface area contributed by atoms with E-state index in [4.69, 9.17) is 14.3 Å². The lowest BCUT2D eigenvalue weighted by molar-refractivity contribution is -0.433. The highest BCUT2D eigenvalue weighted by molar-refractivity contribution is 9.10. The zero-order chi connectivity index (χ0) is 34.5. The van der Waals surface area contributed by atoms with Crippen molar-refractivity contribution >= 4 is 50.6 Å². The smallest absolute Gasteiger partial charge is 0.430 e. The number of halogens is 4. The van der Waals surface area contributed by atoms with Crippen LogP contribution in [0.4, 0.5) is 13.2 Å². The summed E-state index contributed by atoms with van der Waals surface area (Å²) < 4.78 is 35.7. The van der Waals surface area contributed by atoms with Gasteiger partial charge in [0.15, 0.2) is 11.8 Å². The topological polar surface area (TPSA) is 161 Å². The molecule has 2 heterocycles. The number of nitrogens with zero attached hydrogens (tertiary/aromatic N) is 3. The first-order valence-electron chi connectivity index (χ1n) is 14.9. The molecule has 1 saturated carbocycles. The third-order valence-electron chi connectivity index (χ3n) is 9.40. The number of hydrogen-bond acceptors (Lipinski definition) is 8. The summed E-state index contributed by atoms with van der Waals surface area (Å²) in [5, 5.41) is 16.7. The Hall–Kier alpha value is -4.17. The van der Waals surface area contributed by atoms with E-state index in [1.165, 1.54) is 4.90 Å². The second-order valence-corrected chi connectivity index (χ2v) is 13.5. The number of allylic oxidation sites excluding steroid dienone is 2. The quantitative estimate of drug-likeness (QED) is 0.211. The molecule has 2 aliphatic carbocycles. The number of ketones is 1. The van der Waals surface area contributed by atoms with Crippen molar-refractivity contribution in [1.29, 1.82) is 0 Å². The minimum absolute atomic E-state index is 0.0873. The maximum atomic E-state index is 14.4. The number of hydrogen-bond donors (Lipinski definition) is 1. The Morgan fingerprint density at radius 2 is 1.53 bits per heavy atom. The fourth-order valence-electron chi connectivity index (χ4n) is 7.33. The van der Waals surface area contributed by atoms with Gasteiger partial charge in [-0.1, -0.05) is 76.6 Å². The summed E-state index contributed by atoms with van der Waals surface area (Å²) in [5.41, 5.74) is 5.15. The minimum Gasteiger partial charge on any atom is -0.542 e. The first-order chi connectivity index (χ1) is 22.0. The number of imide groups is 1. The molecule has 248 valence electrons. The summed E-state index contributed by atoms with van der Waals surface area (Å²) in [7, 11) is 0. The Labute approximate surface area is 276 Å². The van der Waals surface area contributed by atoms with Crippen LogP contribution in [0.1, 0.15) is 62.1 Å². The van der Waals surface area contributed by atoms with Crippen molar-refractivity contribution in [3.8, 4) is 0 Å². The Bertz CT molecular complexity index is 1760. The lowest BCUT2D eigenvalue weighted by Crippen LogP contribution is -2.53. The molecule has 1 aliphatic heterocycles. The highest BCUT2D eigenvalue weighted by Crippen LogP contribution is 2.77. The van der Waals surface area contributed by atoms with Crippen LogP contribution in [-0.4, -0.2) is 55.7 Å². The number of carboxylic acids is 1. The number of carbonyl (C=O) groups excluding carboxylic acids is 4. The van der Waals surface area contributed by atoms with Gasteiger partial charge in [-0.15, -0.1) is 10.2 Å². The number of quaternary nitrogens is 1. The van der Waals surface area contributed by atoms with Crippen LogP contribution >= 0.6 is 15.9 Å². The predicted octanol–water partition coefficient (Wildman–Crippen LogP) is 3.47. The van der Waals surface area contributed by atoms with Gasteiger partial charge >= 0.3 is 6.18 Å². The zero-order valence-electron chi connectivity index (χ0n) is 25.8. The fourth-order valence-corrected chi connectivity index (χ4v) is 8.58. The van der Waals surface area contributed by atoms with Gasteiger partial charge in [-0.3, -0.25) is 19.3 Å². The number of unbranched alkanes of at least 4 members (excludes halogenated alkanes) is 1. The molecule has 1 saturated heterocycles. The van der Waals surface area contributed by atoms with Crippen LogP contribution in [0, 0.1) is 23.7 Å².